The number of aliphatic hydroxyl groups is 1. The van der Waals surface area contributed by atoms with E-state index in [4.69, 9.17) is 4.74 Å². The number of anilines is 1. The van der Waals surface area contributed by atoms with Crippen LogP contribution in [0.3, 0.4) is 0 Å². The first kappa shape index (κ1) is 12.0. The monoisotopic (exact) mass is 209 g/mol. The Hall–Kier alpha value is -1.06. The van der Waals surface area contributed by atoms with Gasteiger partial charge in [0, 0.05) is 25.9 Å². The maximum absolute atomic E-state index is 9.32. The van der Waals surface area contributed by atoms with Crippen LogP contribution in [0.2, 0.25) is 0 Å². The third kappa shape index (κ3) is 4.32. The fraction of sp³-hybridized carbons (Fsp3) is 0.500. The van der Waals surface area contributed by atoms with Crippen molar-refractivity contribution in [2.75, 3.05) is 25.6 Å². The van der Waals surface area contributed by atoms with Gasteiger partial charge < -0.3 is 15.2 Å². The van der Waals surface area contributed by atoms with E-state index in [2.05, 4.69) is 5.32 Å². The van der Waals surface area contributed by atoms with Crippen molar-refractivity contribution in [2.24, 2.45) is 0 Å². The van der Waals surface area contributed by atoms with Gasteiger partial charge in [-0.25, -0.2) is 0 Å². The number of nitrogens with one attached hydrogen (secondary N) is 1. The summed E-state index contributed by atoms with van der Waals surface area (Å²) in [5, 5.41) is 12.6. The first-order valence-corrected chi connectivity index (χ1v) is 5.25. The zero-order valence-corrected chi connectivity index (χ0v) is 9.36. The largest absolute Gasteiger partial charge is 0.389 e. The summed E-state index contributed by atoms with van der Waals surface area (Å²) in [6, 6.07) is 7.83. The average Bonchev–Trinajstić information content (AvgIpc) is 2.25. The molecule has 1 unspecified atom stereocenters. The average molecular weight is 209 g/mol. The maximum atomic E-state index is 9.32. The molecular formula is C12H19NO2. The van der Waals surface area contributed by atoms with Crippen molar-refractivity contribution < 1.29 is 9.84 Å². The van der Waals surface area contributed by atoms with Crippen LogP contribution < -0.4 is 5.32 Å². The lowest BCUT2D eigenvalue weighted by atomic mass is 10.1. The molecule has 1 atom stereocenters. The predicted molar refractivity (Wildman–Crippen MR) is 62.1 cm³/mol. The van der Waals surface area contributed by atoms with Crippen LogP contribution >= 0.6 is 0 Å². The third-order valence-corrected chi connectivity index (χ3v) is 2.25. The van der Waals surface area contributed by atoms with E-state index >= 15 is 0 Å². The Bertz CT molecular complexity index is 269. The molecule has 0 bridgehead atoms. The molecule has 0 radical (unpaired) electrons. The highest BCUT2D eigenvalue weighted by Crippen LogP contribution is 2.15. The number of ether oxygens (including phenoxy) is 1. The van der Waals surface area contributed by atoms with Gasteiger partial charge >= 0.3 is 0 Å². The van der Waals surface area contributed by atoms with E-state index in [1.54, 1.807) is 14.0 Å². The van der Waals surface area contributed by atoms with E-state index in [9.17, 15) is 5.11 Å². The Kier molecular flexibility index (Phi) is 5.15. The number of rotatable bonds is 6. The van der Waals surface area contributed by atoms with Crippen LogP contribution in [0.4, 0.5) is 5.69 Å². The van der Waals surface area contributed by atoms with Crippen LogP contribution in [0.1, 0.15) is 25.0 Å². The van der Waals surface area contributed by atoms with Gasteiger partial charge in [-0.3, -0.25) is 0 Å². The highest BCUT2D eigenvalue weighted by molar-refractivity contribution is 5.44. The summed E-state index contributed by atoms with van der Waals surface area (Å²) in [5.41, 5.74) is 2.02. The lowest BCUT2D eigenvalue weighted by Crippen LogP contribution is -2.04. The molecule has 0 aliphatic heterocycles. The van der Waals surface area contributed by atoms with Gasteiger partial charge in [-0.1, -0.05) is 12.1 Å². The normalized spacial score (nSPS) is 12.5. The highest BCUT2D eigenvalue weighted by atomic mass is 16.5. The second kappa shape index (κ2) is 6.43. The molecule has 1 rings (SSSR count). The minimum Gasteiger partial charge on any atom is -0.389 e. The first-order chi connectivity index (χ1) is 7.24. The molecule has 1 aromatic carbocycles. The molecule has 3 nitrogen and oxygen atoms in total. The van der Waals surface area contributed by atoms with Crippen molar-refractivity contribution in [3.8, 4) is 0 Å². The van der Waals surface area contributed by atoms with Gasteiger partial charge in [-0.2, -0.15) is 0 Å². The fourth-order valence-electron chi connectivity index (χ4n) is 1.33. The standard InChI is InChI=1S/C12H19NO2/c1-10(14)11-4-6-12(7-5-11)13-8-3-9-15-2/h4-7,10,13-14H,3,8-9H2,1-2H3. The van der Waals surface area contributed by atoms with Crippen LogP contribution in [0.25, 0.3) is 0 Å². The Morgan fingerprint density at radius 2 is 2.00 bits per heavy atom. The van der Waals surface area contributed by atoms with E-state index < -0.39 is 6.10 Å². The minimum absolute atomic E-state index is 0.396. The number of methoxy groups -OCH3 is 1. The summed E-state index contributed by atoms with van der Waals surface area (Å²) in [4.78, 5) is 0. The maximum Gasteiger partial charge on any atom is 0.0761 e. The van der Waals surface area contributed by atoms with Crippen LogP contribution in [-0.4, -0.2) is 25.4 Å². The second-order valence-corrected chi connectivity index (χ2v) is 3.57. The summed E-state index contributed by atoms with van der Waals surface area (Å²) in [5.74, 6) is 0. The molecule has 15 heavy (non-hydrogen) atoms. The summed E-state index contributed by atoms with van der Waals surface area (Å²) in [7, 11) is 1.71. The minimum atomic E-state index is -0.396. The summed E-state index contributed by atoms with van der Waals surface area (Å²) >= 11 is 0. The van der Waals surface area contributed by atoms with E-state index in [1.165, 1.54) is 0 Å². The third-order valence-electron chi connectivity index (χ3n) is 2.25. The summed E-state index contributed by atoms with van der Waals surface area (Å²) < 4.78 is 4.96. The SMILES string of the molecule is COCCCNc1ccc(C(C)O)cc1. The molecule has 0 heterocycles. The second-order valence-electron chi connectivity index (χ2n) is 3.57. The molecule has 0 aliphatic rings. The lowest BCUT2D eigenvalue weighted by molar-refractivity contribution is 0.198. The molecular weight excluding hydrogens is 190 g/mol. The first-order valence-electron chi connectivity index (χ1n) is 5.25. The van der Waals surface area contributed by atoms with E-state index in [0.29, 0.717) is 0 Å². The smallest absolute Gasteiger partial charge is 0.0761 e. The van der Waals surface area contributed by atoms with Gasteiger partial charge in [0.1, 0.15) is 0 Å². The van der Waals surface area contributed by atoms with Crippen LogP contribution in [-0.2, 0) is 4.74 Å². The van der Waals surface area contributed by atoms with Crippen molar-refractivity contribution in [1.29, 1.82) is 0 Å². The van der Waals surface area contributed by atoms with Gasteiger partial charge in [-0.15, -0.1) is 0 Å². The molecule has 0 saturated heterocycles. The number of benzene rings is 1. The molecule has 0 aromatic heterocycles. The molecule has 84 valence electrons. The quantitative estimate of drug-likeness (QED) is 0.706. The van der Waals surface area contributed by atoms with Crippen LogP contribution in [0.15, 0.2) is 24.3 Å². The molecule has 3 heteroatoms. The fourth-order valence-corrected chi connectivity index (χ4v) is 1.33. The lowest BCUT2D eigenvalue weighted by Gasteiger charge is -2.08. The number of hydrogen-bond donors (Lipinski definition) is 2. The zero-order valence-electron chi connectivity index (χ0n) is 9.36. The van der Waals surface area contributed by atoms with E-state index in [1.807, 2.05) is 24.3 Å². The van der Waals surface area contributed by atoms with Gasteiger partial charge in [0.05, 0.1) is 6.10 Å². The summed E-state index contributed by atoms with van der Waals surface area (Å²) in [6.45, 7) is 3.45. The Morgan fingerprint density at radius 3 is 2.53 bits per heavy atom. The van der Waals surface area contributed by atoms with Crippen molar-refractivity contribution in [3.63, 3.8) is 0 Å². The number of aliphatic hydroxyl groups excluding tert-OH is 1. The van der Waals surface area contributed by atoms with Crippen LogP contribution in [0, 0.1) is 0 Å². The van der Waals surface area contributed by atoms with Crippen LogP contribution in [0.5, 0.6) is 0 Å². The molecule has 0 amide bonds. The van der Waals surface area contributed by atoms with Crippen molar-refractivity contribution in [3.05, 3.63) is 29.8 Å². The predicted octanol–water partition coefficient (Wildman–Crippen LogP) is 2.19. The molecule has 0 saturated carbocycles. The highest BCUT2D eigenvalue weighted by Gasteiger charge is 1.99. The summed E-state index contributed by atoms with van der Waals surface area (Å²) in [6.07, 6.45) is 0.599. The van der Waals surface area contributed by atoms with E-state index in [-0.39, 0.29) is 0 Å². The van der Waals surface area contributed by atoms with Crippen molar-refractivity contribution in [1.82, 2.24) is 0 Å². The van der Waals surface area contributed by atoms with Crippen molar-refractivity contribution >= 4 is 5.69 Å². The molecule has 0 spiro atoms. The Labute approximate surface area is 91.1 Å². The van der Waals surface area contributed by atoms with Crippen molar-refractivity contribution in [2.45, 2.75) is 19.4 Å². The number of hydrogen-bond acceptors (Lipinski definition) is 3. The van der Waals surface area contributed by atoms with Gasteiger partial charge in [-0.05, 0) is 31.0 Å². The van der Waals surface area contributed by atoms with Gasteiger partial charge in [0.2, 0.25) is 0 Å². The molecule has 1 aromatic rings. The molecule has 0 fully saturated rings. The molecule has 2 N–H and O–H groups in total. The van der Waals surface area contributed by atoms with E-state index in [0.717, 1.165) is 30.8 Å². The Balaban J connectivity index is 2.36. The van der Waals surface area contributed by atoms with Gasteiger partial charge in [0.15, 0.2) is 0 Å². The Morgan fingerprint density at radius 1 is 1.33 bits per heavy atom. The topological polar surface area (TPSA) is 41.5 Å². The molecule has 0 aliphatic carbocycles. The van der Waals surface area contributed by atoms with Gasteiger partial charge in [0.25, 0.3) is 0 Å². The zero-order chi connectivity index (χ0) is 11.1.